The average molecular weight is 372 g/mol. The maximum Gasteiger partial charge on any atom is 0.0914 e. The molecule has 0 spiro atoms. The van der Waals surface area contributed by atoms with Crippen LogP contribution in [0.4, 0.5) is 0 Å². The van der Waals surface area contributed by atoms with Gasteiger partial charge in [-0.15, -0.1) is 11.3 Å². The zero-order valence-electron chi connectivity index (χ0n) is 15.5. The molecule has 3 heterocycles. The molecule has 0 amide bonds. The minimum Gasteiger partial charge on any atom is -0.301 e. The Labute approximate surface area is 163 Å². The highest BCUT2D eigenvalue weighted by Crippen LogP contribution is 2.37. The van der Waals surface area contributed by atoms with Crippen molar-refractivity contribution in [3.63, 3.8) is 0 Å². The normalized spacial score (nSPS) is 17.2. The summed E-state index contributed by atoms with van der Waals surface area (Å²) < 4.78 is 1.37. The largest absolute Gasteiger partial charge is 0.301 e. The molecule has 1 atom stereocenters. The fourth-order valence-corrected chi connectivity index (χ4v) is 5.00. The third kappa shape index (κ3) is 2.95. The molecule has 4 aromatic rings. The van der Waals surface area contributed by atoms with Crippen molar-refractivity contribution in [2.24, 2.45) is 0 Å². The van der Waals surface area contributed by atoms with E-state index in [2.05, 4.69) is 69.8 Å². The van der Waals surface area contributed by atoms with Crippen LogP contribution in [0.1, 0.15) is 28.3 Å². The molecule has 2 aromatic heterocycles. The third-order valence-corrected chi connectivity index (χ3v) is 6.37. The van der Waals surface area contributed by atoms with Gasteiger partial charge in [0.2, 0.25) is 0 Å². The van der Waals surface area contributed by atoms with Crippen LogP contribution in [0, 0.1) is 6.92 Å². The van der Waals surface area contributed by atoms with E-state index >= 15 is 0 Å². The van der Waals surface area contributed by atoms with Crippen LogP contribution in [0.25, 0.3) is 21.3 Å². The molecule has 2 aromatic carbocycles. The Hall–Kier alpha value is -2.56. The standard InChI is InChI=1S/C23H21N3S/c1-15-23(25-9-8-24-15)18-5-6-20-19(11-18)13-26(2)14-21(20)17-4-3-16-7-10-27-22(16)12-17/h3-12,21H,13-14H2,1-2H3. The van der Waals surface area contributed by atoms with E-state index in [1.165, 1.54) is 26.8 Å². The average Bonchev–Trinajstić information content (AvgIpc) is 3.15. The first kappa shape index (κ1) is 16.6. The monoisotopic (exact) mass is 371 g/mol. The van der Waals surface area contributed by atoms with Crippen LogP contribution in [0.5, 0.6) is 0 Å². The van der Waals surface area contributed by atoms with Crippen molar-refractivity contribution in [3.8, 4) is 11.3 Å². The molecule has 0 bridgehead atoms. The molecule has 0 N–H and O–H groups in total. The quantitative estimate of drug-likeness (QED) is 0.482. The first-order valence-corrected chi connectivity index (χ1v) is 10.1. The molecule has 5 rings (SSSR count). The topological polar surface area (TPSA) is 29.0 Å². The Morgan fingerprint density at radius 2 is 1.93 bits per heavy atom. The maximum absolute atomic E-state index is 4.55. The summed E-state index contributed by atoms with van der Waals surface area (Å²) in [6.07, 6.45) is 3.52. The highest BCUT2D eigenvalue weighted by atomic mass is 32.1. The lowest BCUT2D eigenvalue weighted by atomic mass is 9.83. The molecule has 134 valence electrons. The summed E-state index contributed by atoms with van der Waals surface area (Å²) in [5, 5.41) is 3.51. The van der Waals surface area contributed by atoms with Crippen molar-refractivity contribution in [1.82, 2.24) is 14.9 Å². The fraction of sp³-hybridized carbons (Fsp3) is 0.217. The molecule has 0 aliphatic carbocycles. The lowest BCUT2D eigenvalue weighted by Crippen LogP contribution is -2.31. The molecule has 4 heteroatoms. The zero-order chi connectivity index (χ0) is 18.4. The van der Waals surface area contributed by atoms with Gasteiger partial charge in [-0.1, -0.05) is 24.3 Å². The van der Waals surface area contributed by atoms with E-state index in [4.69, 9.17) is 0 Å². The molecule has 0 fully saturated rings. The Balaban J connectivity index is 1.60. The number of aryl methyl sites for hydroxylation is 1. The number of hydrogen-bond acceptors (Lipinski definition) is 4. The van der Waals surface area contributed by atoms with Crippen molar-refractivity contribution in [2.75, 3.05) is 13.6 Å². The predicted octanol–water partition coefficient (Wildman–Crippen LogP) is 5.24. The van der Waals surface area contributed by atoms with E-state index in [0.29, 0.717) is 5.92 Å². The van der Waals surface area contributed by atoms with Gasteiger partial charge in [0.05, 0.1) is 11.4 Å². The van der Waals surface area contributed by atoms with Gasteiger partial charge in [0.1, 0.15) is 0 Å². The van der Waals surface area contributed by atoms with Gasteiger partial charge >= 0.3 is 0 Å². The molecule has 1 aliphatic rings. The highest BCUT2D eigenvalue weighted by molar-refractivity contribution is 7.17. The Kier molecular flexibility index (Phi) is 4.03. The van der Waals surface area contributed by atoms with Crippen molar-refractivity contribution >= 4 is 21.4 Å². The van der Waals surface area contributed by atoms with Crippen molar-refractivity contribution in [3.05, 3.63) is 82.6 Å². The number of hydrogen-bond donors (Lipinski definition) is 0. The van der Waals surface area contributed by atoms with Crippen LogP contribution in [0.2, 0.25) is 0 Å². The van der Waals surface area contributed by atoms with Gasteiger partial charge in [0.15, 0.2) is 0 Å². The lowest BCUT2D eigenvalue weighted by molar-refractivity contribution is 0.295. The van der Waals surface area contributed by atoms with Gasteiger partial charge in [-0.3, -0.25) is 9.97 Å². The summed E-state index contributed by atoms with van der Waals surface area (Å²) in [6.45, 7) is 4.04. The summed E-state index contributed by atoms with van der Waals surface area (Å²) in [7, 11) is 2.21. The Bertz CT molecular complexity index is 1130. The predicted molar refractivity (Wildman–Crippen MR) is 112 cm³/mol. The van der Waals surface area contributed by atoms with Crippen LogP contribution in [-0.2, 0) is 6.54 Å². The Morgan fingerprint density at radius 1 is 1.04 bits per heavy atom. The second-order valence-electron chi connectivity index (χ2n) is 7.37. The van der Waals surface area contributed by atoms with Crippen LogP contribution in [0.15, 0.2) is 60.2 Å². The van der Waals surface area contributed by atoms with Gasteiger partial charge < -0.3 is 4.90 Å². The molecule has 0 saturated heterocycles. The highest BCUT2D eigenvalue weighted by Gasteiger charge is 2.25. The van der Waals surface area contributed by atoms with Gasteiger partial charge in [-0.2, -0.15) is 0 Å². The fourth-order valence-electron chi connectivity index (χ4n) is 4.16. The van der Waals surface area contributed by atoms with Crippen molar-refractivity contribution in [1.29, 1.82) is 0 Å². The molecule has 3 nitrogen and oxygen atoms in total. The number of rotatable bonds is 2. The number of likely N-dealkylation sites (N-methyl/N-ethyl adjacent to an activating group) is 1. The minimum atomic E-state index is 0.405. The third-order valence-electron chi connectivity index (χ3n) is 5.49. The SMILES string of the molecule is Cc1nccnc1-c1ccc2c(c1)CN(C)CC2c1ccc2ccsc2c1. The first-order chi connectivity index (χ1) is 13.2. The van der Waals surface area contributed by atoms with E-state index in [1.807, 2.05) is 18.3 Å². The lowest BCUT2D eigenvalue weighted by Gasteiger charge is -2.33. The molecule has 1 aliphatic heterocycles. The van der Waals surface area contributed by atoms with Crippen molar-refractivity contribution < 1.29 is 0 Å². The molecular weight excluding hydrogens is 350 g/mol. The number of nitrogens with zero attached hydrogens (tertiary/aromatic N) is 3. The molecule has 0 saturated carbocycles. The summed E-state index contributed by atoms with van der Waals surface area (Å²) >= 11 is 1.82. The van der Waals surface area contributed by atoms with Gasteiger partial charge in [0, 0.05) is 41.7 Å². The van der Waals surface area contributed by atoms with Gasteiger partial charge in [-0.25, -0.2) is 0 Å². The van der Waals surface area contributed by atoms with E-state index < -0.39 is 0 Å². The molecule has 0 radical (unpaired) electrons. The van der Waals surface area contributed by atoms with Gasteiger partial charge in [0.25, 0.3) is 0 Å². The Morgan fingerprint density at radius 3 is 2.81 bits per heavy atom. The van der Waals surface area contributed by atoms with E-state index in [-0.39, 0.29) is 0 Å². The van der Waals surface area contributed by atoms with E-state index in [0.717, 1.165) is 30.0 Å². The van der Waals surface area contributed by atoms with Crippen LogP contribution >= 0.6 is 11.3 Å². The van der Waals surface area contributed by atoms with Crippen LogP contribution in [-0.4, -0.2) is 28.5 Å². The number of fused-ring (bicyclic) bond motifs is 2. The van der Waals surface area contributed by atoms with Crippen LogP contribution in [0.3, 0.4) is 0 Å². The second-order valence-corrected chi connectivity index (χ2v) is 8.32. The maximum atomic E-state index is 4.55. The molecule has 1 unspecified atom stereocenters. The van der Waals surface area contributed by atoms with Crippen molar-refractivity contribution in [2.45, 2.75) is 19.4 Å². The van der Waals surface area contributed by atoms with E-state index in [9.17, 15) is 0 Å². The smallest absolute Gasteiger partial charge is 0.0914 e. The molecule has 27 heavy (non-hydrogen) atoms. The van der Waals surface area contributed by atoms with Gasteiger partial charge in [-0.05, 0) is 59.6 Å². The van der Waals surface area contributed by atoms with Crippen LogP contribution < -0.4 is 0 Å². The summed E-state index contributed by atoms with van der Waals surface area (Å²) in [5.74, 6) is 0.405. The van der Waals surface area contributed by atoms with E-state index in [1.54, 1.807) is 12.4 Å². The summed E-state index contributed by atoms with van der Waals surface area (Å²) in [5.41, 5.74) is 7.34. The summed E-state index contributed by atoms with van der Waals surface area (Å²) in [6, 6.07) is 15.9. The minimum absolute atomic E-state index is 0.405. The number of thiophene rings is 1. The number of aromatic nitrogens is 2. The summed E-state index contributed by atoms with van der Waals surface area (Å²) in [4.78, 5) is 11.4. The zero-order valence-corrected chi connectivity index (χ0v) is 16.3. The second kappa shape index (κ2) is 6.55. The first-order valence-electron chi connectivity index (χ1n) is 9.25. The number of benzene rings is 2. The molecular formula is C23H21N3S.